The number of aliphatic hydroxyl groups excluding tert-OH is 1. The minimum absolute atomic E-state index is 0.0796. The smallest absolute Gasteiger partial charge is 0.393 e. The van der Waals surface area contributed by atoms with Crippen LogP contribution >= 0.6 is 0 Å². The zero-order valence-corrected chi connectivity index (χ0v) is 24.8. The van der Waals surface area contributed by atoms with Crippen LogP contribution in [0.1, 0.15) is 78.6 Å². The van der Waals surface area contributed by atoms with Crippen LogP contribution in [0.4, 0.5) is 4.79 Å². The number of oxime groups is 1. The van der Waals surface area contributed by atoms with Gasteiger partial charge in [0.1, 0.15) is 0 Å². The van der Waals surface area contributed by atoms with Gasteiger partial charge in [0.2, 0.25) is 0 Å². The summed E-state index contributed by atoms with van der Waals surface area (Å²) in [6.45, 7) is 10.4. The summed E-state index contributed by atoms with van der Waals surface area (Å²) in [7, 11) is 8.32. The lowest BCUT2D eigenvalue weighted by atomic mass is 9.44. The molecular weight excluding hydrogens is 464 g/mol. The molecule has 0 aromatic rings. The summed E-state index contributed by atoms with van der Waals surface area (Å²) >= 11 is 0. The normalized spacial score (nSPS) is 39.9. The van der Waals surface area contributed by atoms with Gasteiger partial charge in [0.15, 0.2) is 0 Å². The lowest BCUT2D eigenvalue weighted by Crippen LogP contribution is -2.54. The first kappa shape index (κ1) is 28.8. The van der Waals surface area contributed by atoms with E-state index in [1.54, 1.807) is 11.9 Å². The molecule has 0 heterocycles. The maximum atomic E-state index is 12.6. The number of hydrogen-bond acceptors (Lipinski definition) is 5. The predicted octanol–water partition coefficient (Wildman–Crippen LogP) is 4.75. The first-order valence-corrected chi connectivity index (χ1v) is 15.0. The Balaban J connectivity index is 1.31. The maximum absolute atomic E-state index is 12.6. The number of carbonyl (C=O) groups excluding carboxylic acids is 1. The maximum Gasteiger partial charge on any atom is 0.435 e. The van der Waals surface area contributed by atoms with Crippen molar-refractivity contribution in [2.45, 2.75) is 84.7 Å². The number of fused-ring (bicyclic) bond motifs is 5. The van der Waals surface area contributed by atoms with Crippen LogP contribution in [0.2, 0.25) is 0 Å². The Bertz CT molecular complexity index is 841. The number of amides is 1. The van der Waals surface area contributed by atoms with Crippen molar-refractivity contribution in [3.8, 4) is 0 Å². The summed E-state index contributed by atoms with van der Waals surface area (Å²) in [5.41, 5.74) is 1.65. The highest BCUT2D eigenvalue weighted by molar-refractivity contribution is 5.85. The quantitative estimate of drug-likeness (QED) is 0.160. The van der Waals surface area contributed by atoms with Crippen molar-refractivity contribution in [1.82, 2.24) is 10.2 Å². The highest BCUT2D eigenvalue weighted by Crippen LogP contribution is 2.67. The molecule has 0 radical (unpaired) electrons. The van der Waals surface area contributed by atoms with Crippen molar-refractivity contribution in [3.63, 3.8) is 0 Å². The molecule has 0 aliphatic heterocycles. The molecular formula is C30H55N4O3+. The van der Waals surface area contributed by atoms with Crippen molar-refractivity contribution < 1.29 is 19.2 Å². The summed E-state index contributed by atoms with van der Waals surface area (Å²) < 4.78 is 0.922. The fourth-order valence-electron chi connectivity index (χ4n) is 9.04. The van der Waals surface area contributed by atoms with E-state index in [0.29, 0.717) is 23.8 Å². The molecule has 4 aliphatic carbocycles. The minimum Gasteiger partial charge on any atom is -0.393 e. The molecule has 0 aromatic heterocycles. The van der Waals surface area contributed by atoms with Gasteiger partial charge in [0, 0.05) is 32.6 Å². The molecule has 4 saturated carbocycles. The van der Waals surface area contributed by atoms with Crippen molar-refractivity contribution in [3.05, 3.63) is 0 Å². The summed E-state index contributed by atoms with van der Waals surface area (Å²) in [5, 5.41) is 18.1. The van der Waals surface area contributed by atoms with Crippen molar-refractivity contribution >= 4 is 11.8 Å². The van der Waals surface area contributed by atoms with Crippen LogP contribution in [-0.4, -0.2) is 86.8 Å². The molecule has 8 atom stereocenters. The molecule has 0 unspecified atom stereocenters. The zero-order chi connectivity index (χ0) is 27.0. The third-order valence-corrected chi connectivity index (χ3v) is 11.3. The molecule has 4 rings (SSSR count). The molecule has 7 heteroatoms. The van der Waals surface area contributed by atoms with Crippen LogP contribution in [0.25, 0.3) is 0 Å². The largest absolute Gasteiger partial charge is 0.435 e. The first-order chi connectivity index (χ1) is 17.3. The summed E-state index contributed by atoms with van der Waals surface area (Å²) in [5.74, 6) is 3.43. The standard InChI is InChI=1S/C30H55N4O3/c1-21(32-37-28(36)33(4)18-16-31-17-19-34(5,6)7)25-10-11-26-24-9-8-22-20-23(35)12-14-29(22,2)27(24)13-15-30(25,26)3/h22-27,31,35H,8-20H2,1-7H3/q+1/b32-21+/t22-,23+,24+,25-,26+,27+,29+,30-/m1/s1. The van der Waals surface area contributed by atoms with Gasteiger partial charge in [-0.25, -0.2) is 4.79 Å². The highest BCUT2D eigenvalue weighted by Gasteiger charge is 2.60. The topological polar surface area (TPSA) is 74.2 Å². The summed E-state index contributed by atoms with van der Waals surface area (Å²) in [6.07, 6.45) is 10.3. The molecule has 7 nitrogen and oxygen atoms in total. The van der Waals surface area contributed by atoms with E-state index in [-0.39, 0.29) is 17.6 Å². The van der Waals surface area contributed by atoms with E-state index in [4.69, 9.17) is 4.84 Å². The second-order valence-corrected chi connectivity index (χ2v) is 14.5. The van der Waals surface area contributed by atoms with E-state index in [2.05, 4.69) is 52.4 Å². The van der Waals surface area contributed by atoms with Crippen molar-refractivity contribution in [2.75, 3.05) is 54.4 Å². The number of rotatable bonds is 8. The van der Waals surface area contributed by atoms with E-state index >= 15 is 0 Å². The first-order valence-electron chi connectivity index (χ1n) is 15.0. The van der Waals surface area contributed by atoms with Gasteiger partial charge in [-0.3, -0.25) is 4.84 Å². The number of carbonyl (C=O) groups is 1. The van der Waals surface area contributed by atoms with Crippen LogP contribution in [-0.2, 0) is 4.84 Å². The van der Waals surface area contributed by atoms with Crippen LogP contribution in [0.15, 0.2) is 5.16 Å². The Morgan fingerprint density at radius 3 is 2.46 bits per heavy atom. The van der Waals surface area contributed by atoms with E-state index in [1.807, 2.05) is 0 Å². The van der Waals surface area contributed by atoms with Gasteiger partial charge in [-0.15, -0.1) is 0 Å². The van der Waals surface area contributed by atoms with Crippen molar-refractivity contribution in [2.24, 2.45) is 45.6 Å². The highest BCUT2D eigenvalue weighted by atomic mass is 16.7. The Morgan fingerprint density at radius 1 is 1.03 bits per heavy atom. The molecule has 37 heavy (non-hydrogen) atoms. The van der Waals surface area contributed by atoms with Gasteiger partial charge in [-0.05, 0) is 99.2 Å². The molecule has 4 fully saturated rings. The number of aliphatic hydroxyl groups is 1. The third-order valence-electron chi connectivity index (χ3n) is 11.3. The van der Waals surface area contributed by atoms with E-state index in [1.165, 1.54) is 38.5 Å². The molecule has 4 aliphatic rings. The van der Waals surface area contributed by atoms with Gasteiger partial charge in [0.05, 0.1) is 39.5 Å². The molecule has 0 aromatic carbocycles. The Kier molecular flexibility index (Phi) is 8.67. The Labute approximate surface area is 225 Å². The Hall–Kier alpha value is -1.18. The fourth-order valence-corrected chi connectivity index (χ4v) is 9.04. The molecule has 0 bridgehead atoms. The molecule has 0 spiro atoms. The number of hydrogen-bond donors (Lipinski definition) is 2. The molecule has 0 saturated heterocycles. The van der Waals surface area contributed by atoms with Gasteiger partial charge < -0.3 is 19.8 Å². The van der Waals surface area contributed by atoms with Crippen LogP contribution in [0, 0.1) is 40.4 Å². The molecule has 212 valence electrons. The molecule has 2 N–H and O–H groups in total. The van der Waals surface area contributed by atoms with Gasteiger partial charge in [-0.2, -0.15) is 0 Å². The van der Waals surface area contributed by atoms with E-state index < -0.39 is 0 Å². The third kappa shape index (κ3) is 6.04. The monoisotopic (exact) mass is 519 g/mol. The number of nitrogens with zero attached hydrogens (tertiary/aromatic N) is 3. The SMILES string of the molecule is C/C(=N\OC(=O)N(C)CCNCC[N+](C)(C)C)[C@H]1CC[C@H]2[C@@H]3CC[C@@H]4C[C@@H](O)CC[C@]4(C)[C@H]3CC[C@]12C. The minimum atomic E-state index is -0.373. The Morgan fingerprint density at radius 2 is 1.73 bits per heavy atom. The fraction of sp³-hybridized carbons (Fsp3) is 0.933. The predicted molar refractivity (Wildman–Crippen MR) is 149 cm³/mol. The summed E-state index contributed by atoms with van der Waals surface area (Å²) in [4.78, 5) is 19.6. The lowest BCUT2D eigenvalue weighted by Gasteiger charge is -2.61. The van der Waals surface area contributed by atoms with E-state index in [9.17, 15) is 9.90 Å². The van der Waals surface area contributed by atoms with Crippen LogP contribution in [0.5, 0.6) is 0 Å². The average molecular weight is 520 g/mol. The second kappa shape index (κ2) is 11.1. The van der Waals surface area contributed by atoms with E-state index in [0.717, 1.165) is 66.8 Å². The van der Waals surface area contributed by atoms with Gasteiger partial charge >= 0.3 is 6.09 Å². The van der Waals surface area contributed by atoms with Crippen LogP contribution in [0.3, 0.4) is 0 Å². The zero-order valence-electron chi connectivity index (χ0n) is 24.8. The average Bonchev–Trinajstić information content (AvgIpc) is 3.19. The van der Waals surface area contributed by atoms with Gasteiger partial charge in [0.25, 0.3) is 0 Å². The molecule has 1 amide bonds. The lowest BCUT2D eigenvalue weighted by molar-refractivity contribution is -0.869. The number of quaternary nitrogens is 1. The summed E-state index contributed by atoms with van der Waals surface area (Å²) in [6, 6.07) is 0. The number of nitrogens with one attached hydrogen (secondary N) is 1. The second-order valence-electron chi connectivity index (χ2n) is 14.5. The number of likely N-dealkylation sites (N-methyl/N-ethyl adjacent to an activating group) is 2. The van der Waals surface area contributed by atoms with Crippen LogP contribution < -0.4 is 5.32 Å². The van der Waals surface area contributed by atoms with Gasteiger partial charge in [-0.1, -0.05) is 19.0 Å². The van der Waals surface area contributed by atoms with Crippen molar-refractivity contribution in [1.29, 1.82) is 0 Å².